The van der Waals surface area contributed by atoms with Gasteiger partial charge in [0.1, 0.15) is 5.84 Å². The van der Waals surface area contributed by atoms with Gasteiger partial charge in [0.25, 0.3) is 0 Å². The molecule has 1 aliphatic rings. The molecule has 0 atom stereocenters. The Balaban J connectivity index is 2.28. The van der Waals surface area contributed by atoms with Gasteiger partial charge in [-0.15, -0.1) is 0 Å². The second-order valence-electron chi connectivity index (χ2n) is 4.04. The lowest BCUT2D eigenvalue weighted by Crippen LogP contribution is -2.29. The summed E-state index contributed by atoms with van der Waals surface area (Å²) in [5.41, 5.74) is 5.35. The van der Waals surface area contributed by atoms with E-state index in [0.29, 0.717) is 25.1 Å². The van der Waals surface area contributed by atoms with Crippen LogP contribution in [0, 0.1) is 0 Å². The lowest BCUT2D eigenvalue weighted by Gasteiger charge is -2.18. The molecule has 0 aliphatic carbocycles. The van der Waals surface area contributed by atoms with Crippen LogP contribution in [0.3, 0.4) is 0 Å². The van der Waals surface area contributed by atoms with E-state index in [1.165, 1.54) is 0 Å². The number of nitrogens with zero attached hydrogens (tertiary/aromatic N) is 2. The topological polar surface area (TPSA) is 96.0 Å². The Bertz CT molecular complexity index is 340. The summed E-state index contributed by atoms with van der Waals surface area (Å²) in [6, 6.07) is 0. The highest BCUT2D eigenvalue weighted by atomic mass is 32.2. The van der Waals surface area contributed by atoms with Crippen molar-refractivity contribution < 1.29 is 13.6 Å². The molecule has 16 heavy (non-hydrogen) atoms. The highest BCUT2D eigenvalue weighted by Crippen LogP contribution is 2.06. The molecule has 94 valence electrons. The van der Waals surface area contributed by atoms with Gasteiger partial charge in [-0.25, -0.2) is 8.42 Å². The third-order valence-corrected chi connectivity index (χ3v) is 4.40. The smallest absolute Gasteiger partial charge is 0.151 e. The highest BCUT2D eigenvalue weighted by Gasteiger charge is 2.18. The normalized spacial score (nSPS) is 22.9. The van der Waals surface area contributed by atoms with Crippen LogP contribution in [0.2, 0.25) is 0 Å². The number of oxime groups is 1. The van der Waals surface area contributed by atoms with Gasteiger partial charge in [-0.1, -0.05) is 5.16 Å². The summed E-state index contributed by atoms with van der Waals surface area (Å²) in [7, 11) is -2.83. The van der Waals surface area contributed by atoms with Gasteiger partial charge in [0.15, 0.2) is 9.84 Å². The molecule has 1 heterocycles. The maximum Gasteiger partial charge on any atom is 0.151 e. The van der Waals surface area contributed by atoms with Crippen molar-refractivity contribution in [2.75, 3.05) is 31.1 Å². The molecule has 7 heteroatoms. The second-order valence-corrected chi connectivity index (χ2v) is 6.35. The molecule has 1 fully saturated rings. The molecule has 0 amide bonds. The quantitative estimate of drug-likeness (QED) is 0.307. The first-order valence-electron chi connectivity index (χ1n) is 5.43. The van der Waals surface area contributed by atoms with Crippen LogP contribution >= 0.6 is 0 Å². The Hall–Kier alpha value is -0.820. The molecule has 1 rings (SSSR count). The first kappa shape index (κ1) is 13.2. The van der Waals surface area contributed by atoms with Gasteiger partial charge in [0.05, 0.1) is 11.5 Å². The van der Waals surface area contributed by atoms with Crippen LogP contribution in [0.1, 0.15) is 19.3 Å². The van der Waals surface area contributed by atoms with Gasteiger partial charge in [0.2, 0.25) is 0 Å². The standard InChI is InChI=1S/C9H19N3O3S/c10-9(11-13)3-1-4-12-5-2-7-16(14,15)8-6-12/h13H,1-8H2,(H2,10,11). The number of hydrogen-bond donors (Lipinski definition) is 2. The predicted octanol–water partition coefficient (Wildman–Crippen LogP) is -0.366. The summed E-state index contributed by atoms with van der Waals surface area (Å²) in [5, 5.41) is 11.2. The van der Waals surface area contributed by atoms with E-state index in [0.717, 1.165) is 19.5 Å². The summed E-state index contributed by atoms with van der Waals surface area (Å²) < 4.78 is 22.7. The Morgan fingerprint density at radius 1 is 1.38 bits per heavy atom. The minimum absolute atomic E-state index is 0.224. The molecule has 0 aromatic rings. The van der Waals surface area contributed by atoms with Crippen LogP contribution < -0.4 is 5.73 Å². The fraction of sp³-hybridized carbons (Fsp3) is 0.889. The van der Waals surface area contributed by atoms with Crippen molar-refractivity contribution >= 4 is 15.7 Å². The van der Waals surface area contributed by atoms with E-state index in [1.54, 1.807) is 0 Å². The summed E-state index contributed by atoms with van der Waals surface area (Å²) in [6.45, 7) is 2.21. The summed E-state index contributed by atoms with van der Waals surface area (Å²) in [5.74, 6) is 0.766. The molecule has 0 spiro atoms. The van der Waals surface area contributed by atoms with Crippen LogP contribution in [0.4, 0.5) is 0 Å². The first-order valence-corrected chi connectivity index (χ1v) is 7.25. The fourth-order valence-corrected chi connectivity index (χ4v) is 3.06. The van der Waals surface area contributed by atoms with Gasteiger partial charge in [-0.2, -0.15) is 0 Å². The van der Waals surface area contributed by atoms with Crippen molar-refractivity contribution in [1.82, 2.24) is 4.90 Å². The number of hydrogen-bond acceptors (Lipinski definition) is 5. The van der Waals surface area contributed by atoms with Crippen molar-refractivity contribution in [3.63, 3.8) is 0 Å². The van der Waals surface area contributed by atoms with Crippen LogP contribution in [-0.2, 0) is 9.84 Å². The molecule has 0 aromatic carbocycles. The van der Waals surface area contributed by atoms with Crippen molar-refractivity contribution in [2.45, 2.75) is 19.3 Å². The number of amidine groups is 1. The van der Waals surface area contributed by atoms with E-state index in [1.807, 2.05) is 0 Å². The average molecular weight is 249 g/mol. The Kier molecular flexibility index (Phi) is 5.01. The predicted molar refractivity (Wildman–Crippen MR) is 62.4 cm³/mol. The monoisotopic (exact) mass is 249 g/mol. The molecule has 0 radical (unpaired) electrons. The number of rotatable bonds is 4. The van der Waals surface area contributed by atoms with E-state index in [2.05, 4.69) is 10.1 Å². The number of sulfone groups is 1. The molecule has 0 aromatic heterocycles. The molecule has 0 bridgehead atoms. The van der Waals surface area contributed by atoms with Crippen LogP contribution in [-0.4, -0.2) is 55.5 Å². The second kappa shape index (κ2) is 6.05. The lowest BCUT2D eigenvalue weighted by atomic mass is 10.2. The van der Waals surface area contributed by atoms with Crippen molar-refractivity contribution in [1.29, 1.82) is 0 Å². The minimum Gasteiger partial charge on any atom is -0.409 e. The lowest BCUT2D eigenvalue weighted by molar-refractivity contribution is 0.291. The third-order valence-electron chi connectivity index (χ3n) is 2.68. The SMILES string of the molecule is NC(CCCN1CCCS(=O)(=O)CC1)=NO. The van der Waals surface area contributed by atoms with Crippen LogP contribution in [0.5, 0.6) is 0 Å². The van der Waals surface area contributed by atoms with E-state index < -0.39 is 9.84 Å². The first-order chi connectivity index (χ1) is 7.53. The van der Waals surface area contributed by atoms with E-state index in [9.17, 15) is 8.42 Å². The van der Waals surface area contributed by atoms with E-state index >= 15 is 0 Å². The number of nitrogens with two attached hydrogens (primary N) is 1. The molecule has 0 unspecified atom stereocenters. The Labute approximate surface area is 96.0 Å². The summed E-state index contributed by atoms with van der Waals surface area (Å²) in [4.78, 5) is 2.12. The molecular weight excluding hydrogens is 230 g/mol. The summed E-state index contributed by atoms with van der Waals surface area (Å²) in [6.07, 6.45) is 2.03. The third kappa shape index (κ3) is 4.80. The van der Waals surface area contributed by atoms with Crippen molar-refractivity contribution in [2.24, 2.45) is 10.9 Å². The van der Waals surface area contributed by atoms with Crippen LogP contribution in [0.25, 0.3) is 0 Å². The summed E-state index contributed by atoms with van der Waals surface area (Å²) >= 11 is 0. The minimum atomic E-state index is -2.83. The van der Waals surface area contributed by atoms with Crippen molar-refractivity contribution in [3.8, 4) is 0 Å². The zero-order chi connectivity index (χ0) is 12.0. The van der Waals surface area contributed by atoms with Gasteiger partial charge in [-0.05, 0) is 25.9 Å². The van der Waals surface area contributed by atoms with Crippen molar-refractivity contribution in [3.05, 3.63) is 0 Å². The van der Waals surface area contributed by atoms with Gasteiger partial charge in [0, 0.05) is 13.0 Å². The maximum atomic E-state index is 11.3. The van der Waals surface area contributed by atoms with Gasteiger partial charge in [-0.3, -0.25) is 0 Å². The average Bonchev–Trinajstić information content (AvgIpc) is 2.40. The zero-order valence-electron chi connectivity index (χ0n) is 9.30. The molecule has 6 nitrogen and oxygen atoms in total. The molecule has 1 aliphatic heterocycles. The Morgan fingerprint density at radius 2 is 2.12 bits per heavy atom. The largest absolute Gasteiger partial charge is 0.409 e. The zero-order valence-corrected chi connectivity index (χ0v) is 10.1. The van der Waals surface area contributed by atoms with Gasteiger partial charge < -0.3 is 15.8 Å². The van der Waals surface area contributed by atoms with Gasteiger partial charge >= 0.3 is 0 Å². The maximum absolute atomic E-state index is 11.3. The molecule has 1 saturated heterocycles. The molecular formula is C9H19N3O3S. The van der Waals surface area contributed by atoms with Crippen LogP contribution in [0.15, 0.2) is 5.16 Å². The molecule has 0 saturated carbocycles. The fourth-order valence-electron chi connectivity index (χ4n) is 1.75. The molecule has 3 N–H and O–H groups in total. The van der Waals surface area contributed by atoms with E-state index in [4.69, 9.17) is 10.9 Å². The Morgan fingerprint density at radius 3 is 2.81 bits per heavy atom. The highest BCUT2D eigenvalue weighted by molar-refractivity contribution is 7.91. The van der Waals surface area contributed by atoms with E-state index in [-0.39, 0.29) is 11.6 Å².